The van der Waals surface area contributed by atoms with Crippen LogP contribution in [0.4, 0.5) is 0 Å². The van der Waals surface area contributed by atoms with Crippen LogP contribution in [0.25, 0.3) is 0 Å². The molecule has 1 aromatic heterocycles. The van der Waals surface area contributed by atoms with Gasteiger partial charge in [0.1, 0.15) is 0 Å². The summed E-state index contributed by atoms with van der Waals surface area (Å²) in [5.41, 5.74) is 0.578. The maximum atomic E-state index is 11.8. The van der Waals surface area contributed by atoms with Crippen LogP contribution in [0.15, 0.2) is 35.7 Å². The lowest BCUT2D eigenvalue weighted by Crippen LogP contribution is -2.25. The van der Waals surface area contributed by atoms with Crippen molar-refractivity contribution in [2.45, 2.75) is 26.2 Å². The fourth-order valence-electron chi connectivity index (χ4n) is 2.29. The van der Waals surface area contributed by atoms with E-state index in [-0.39, 0.29) is 11.7 Å². The second kappa shape index (κ2) is 9.84. The first-order valence-corrected chi connectivity index (χ1v) is 9.09. The molecule has 6 heteroatoms. The summed E-state index contributed by atoms with van der Waals surface area (Å²) in [5.74, 6) is 1.10. The maximum absolute atomic E-state index is 11.8. The normalized spacial score (nSPS) is 10.3. The molecule has 5 nitrogen and oxygen atoms in total. The van der Waals surface area contributed by atoms with Gasteiger partial charge >= 0.3 is 0 Å². The van der Waals surface area contributed by atoms with Crippen molar-refractivity contribution in [3.05, 3.63) is 46.2 Å². The molecule has 1 N–H and O–H groups in total. The van der Waals surface area contributed by atoms with Crippen molar-refractivity contribution in [2.24, 2.45) is 0 Å². The molecule has 0 bridgehead atoms. The van der Waals surface area contributed by atoms with Crippen molar-refractivity contribution in [1.29, 1.82) is 0 Å². The van der Waals surface area contributed by atoms with Crippen LogP contribution in [0.1, 0.15) is 35.0 Å². The minimum Gasteiger partial charge on any atom is -0.493 e. The van der Waals surface area contributed by atoms with Crippen molar-refractivity contribution >= 4 is 23.0 Å². The molecular weight excluding hydrogens is 338 g/mol. The van der Waals surface area contributed by atoms with E-state index >= 15 is 0 Å². The van der Waals surface area contributed by atoms with Gasteiger partial charge in [-0.25, -0.2) is 0 Å². The number of ketones is 1. The molecule has 1 aromatic carbocycles. The van der Waals surface area contributed by atoms with Gasteiger partial charge in [0.2, 0.25) is 5.91 Å². The first-order chi connectivity index (χ1) is 12.1. The molecule has 1 amide bonds. The molecule has 2 rings (SSSR count). The molecule has 25 heavy (non-hydrogen) atoms. The summed E-state index contributed by atoms with van der Waals surface area (Å²) in [5, 5.41) is 4.95. The third-order valence-corrected chi connectivity index (χ3v) is 4.59. The summed E-state index contributed by atoms with van der Waals surface area (Å²) >= 11 is 1.70. The Bertz CT molecular complexity index is 697. The Kier molecular flexibility index (Phi) is 7.47. The Morgan fingerprint density at radius 2 is 2.04 bits per heavy atom. The number of ether oxygens (including phenoxy) is 2. The molecule has 134 valence electrons. The lowest BCUT2D eigenvalue weighted by atomic mass is 10.1. The van der Waals surface area contributed by atoms with Crippen LogP contribution in [0.2, 0.25) is 0 Å². The quantitative estimate of drug-likeness (QED) is 0.520. The molecule has 0 radical (unpaired) electrons. The van der Waals surface area contributed by atoms with Gasteiger partial charge in [-0.2, -0.15) is 0 Å². The van der Waals surface area contributed by atoms with E-state index in [1.54, 1.807) is 29.5 Å². The number of benzene rings is 1. The number of nitrogens with one attached hydrogen (secondary N) is 1. The molecule has 0 atom stereocenters. The zero-order valence-corrected chi connectivity index (χ0v) is 15.4. The van der Waals surface area contributed by atoms with Gasteiger partial charge in [0, 0.05) is 23.4 Å². The standard InChI is InChI=1S/C19H23NO4S/c1-14(21)15-7-8-17(18(13-15)23-2)24-11-3-6-19(22)20-10-9-16-5-4-12-25-16/h4-5,7-8,12-13H,3,6,9-11H2,1-2H3,(H,20,22). The highest BCUT2D eigenvalue weighted by atomic mass is 32.1. The Morgan fingerprint density at radius 3 is 2.72 bits per heavy atom. The van der Waals surface area contributed by atoms with E-state index in [9.17, 15) is 9.59 Å². The van der Waals surface area contributed by atoms with Crippen molar-refractivity contribution in [3.63, 3.8) is 0 Å². The molecule has 0 saturated carbocycles. The predicted molar refractivity (Wildman–Crippen MR) is 98.8 cm³/mol. The number of carbonyl (C=O) groups excluding carboxylic acids is 2. The number of Topliss-reactive ketones (excluding diaryl/α,β-unsaturated/α-hetero) is 1. The highest BCUT2D eigenvalue weighted by Gasteiger charge is 2.09. The number of rotatable bonds is 10. The molecule has 0 saturated heterocycles. The average Bonchev–Trinajstić information content (AvgIpc) is 3.12. The predicted octanol–water partition coefficient (Wildman–Crippen LogP) is 3.48. The van der Waals surface area contributed by atoms with Gasteiger partial charge in [0.05, 0.1) is 13.7 Å². The summed E-state index contributed by atoms with van der Waals surface area (Å²) in [7, 11) is 1.53. The van der Waals surface area contributed by atoms with E-state index in [1.807, 2.05) is 11.4 Å². The van der Waals surface area contributed by atoms with Gasteiger partial charge in [0.15, 0.2) is 17.3 Å². The van der Waals surface area contributed by atoms with Crippen LogP contribution >= 0.6 is 11.3 Å². The van der Waals surface area contributed by atoms with E-state index in [4.69, 9.17) is 9.47 Å². The third-order valence-electron chi connectivity index (χ3n) is 3.65. The third kappa shape index (κ3) is 6.23. The topological polar surface area (TPSA) is 64.6 Å². The molecule has 0 spiro atoms. The van der Waals surface area contributed by atoms with Gasteiger partial charge in [-0.15, -0.1) is 11.3 Å². The van der Waals surface area contributed by atoms with Crippen LogP contribution < -0.4 is 14.8 Å². The Labute approximate surface area is 152 Å². The Hall–Kier alpha value is -2.34. The number of amides is 1. The fourth-order valence-corrected chi connectivity index (χ4v) is 3.00. The van der Waals surface area contributed by atoms with Gasteiger partial charge in [-0.05, 0) is 49.4 Å². The summed E-state index contributed by atoms with van der Waals surface area (Å²) < 4.78 is 10.9. The van der Waals surface area contributed by atoms with Crippen LogP contribution in [0.3, 0.4) is 0 Å². The Morgan fingerprint density at radius 1 is 1.20 bits per heavy atom. The Balaban J connectivity index is 1.68. The smallest absolute Gasteiger partial charge is 0.220 e. The van der Waals surface area contributed by atoms with Crippen LogP contribution in [0, 0.1) is 0 Å². The van der Waals surface area contributed by atoms with Gasteiger partial charge < -0.3 is 14.8 Å². The first-order valence-electron chi connectivity index (χ1n) is 8.21. The van der Waals surface area contributed by atoms with Crippen LogP contribution in [-0.2, 0) is 11.2 Å². The average molecular weight is 361 g/mol. The fraction of sp³-hybridized carbons (Fsp3) is 0.368. The summed E-state index contributed by atoms with van der Waals surface area (Å²) in [6.45, 7) is 2.57. The van der Waals surface area contributed by atoms with Crippen molar-refractivity contribution in [2.75, 3.05) is 20.3 Å². The van der Waals surface area contributed by atoms with E-state index in [0.717, 1.165) is 6.42 Å². The zero-order valence-electron chi connectivity index (χ0n) is 14.5. The minimum atomic E-state index is -0.0240. The number of methoxy groups -OCH3 is 1. The largest absolute Gasteiger partial charge is 0.493 e. The lowest BCUT2D eigenvalue weighted by Gasteiger charge is -2.11. The second-order valence-corrected chi connectivity index (χ2v) is 6.59. The second-order valence-electron chi connectivity index (χ2n) is 5.55. The molecule has 1 heterocycles. The minimum absolute atomic E-state index is 0.0240. The summed E-state index contributed by atoms with van der Waals surface area (Å²) in [4.78, 5) is 24.4. The highest BCUT2D eigenvalue weighted by molar-refractivity contribution is 7.09. The molecular formula is C19H23NO4S. The first kappa shape index (κ1) is 19.0. The molecule has 0 aliphatic heterocycles. The maximum Gasteiger partial charge on any atom is 0.220 e. The van der Waals surface area contributed by atoms with E-state index in [1.165, 1.54) is 18.9 Å². The number of carbonyl (C=O) groups is 2. The van der Waals surface area contributed by atoms with E-state index in [0.29, 0.717) is 43.1 Å². The number of hydrogen-bond acceptors (Lipinski definition) is 5. The monoisotopic (exact) mass is 361 g/mol. The van der Waals surface area contributed by atoms with Crippen LogP contribution in [0.5, 0.6) is 11.5 Å². The number of thiophene rings is 1. The van der Waals surface area contributed by atoms with Gasteiger partial charge in [-0.3, -0.25) is 9.59 Å². The van der Waals surface area contributed by atoms with Gasteiger partial charge in [-0.1, -0.05) is 6.07 Å². The molecule has 0 aliphatic rings. The summed E-state index contributed by atoms with van der Waals surface area (Å²) in [6.07, 6.45) is 1.89. The summed E-state index contributed by atoms with van der Waals surface area (Å²) in [6, 6.07) is 9.16. The van der Waals surface area contributed by atoms with Gasteiger partial charge in [0.25, 0.3) is 0 Å². The lowest BCUT2D eigenvalue weighted by molar-refractivity contribution is -0.121. The molecule has 0 fully saturated rings. The van der Waals surface area contributed by atoms with Crippen molar-refractivity contribution < 1.29 is 19.1 Å². The molecule has 2 aromatic rings. The van der Waals surface area contributed by atoms with E-state index < -0.39 is 0 Å². The zero-order chi connectivity index (χ0) is 18.1. The number of hydrogen-bond donors (Lipinski definition) is 1. The molecule has 0 aliphatic carbocycles. The van der Waals surface area contributed by atoms with Crippen molar-refractivity contribution in [3.8, 4) is 11.5 Å². The van der Waals surface area contributed by atoms with Crippen molar-refractivity contribution in [1.82, 2.24) is 5.32 Å². The van der Waals surface area contributed by atoms with Crippen LogP contribution in [-0.4, -0.2) is 32.0 Å². The molecule has 0 unspecified atom stereocenters. The SMILES string of the molecule is COc1cc(C(C)=O)ccc1OCCCC(=O)NCCc1cccs1. The highest BCUT2D eigenvalue weighted by Crippen LogP contribution is 2.28. The van der Waals surface area contributed by atoms with E-state index in [2.05, 4.69) is 11.4 Å².